The molecule has 0 bridgehead atoms. The summed E-state index contributed by atoms with van der Waals surface area (Å²) in [6.07, 6.45) is 0. The van der Waals surface area contributed by atoms with Crippen LogP contribution in [0.2, 0.25) is 0 Å². The molecule has 1 amide bonds. The largest absolute Gasteiger partial charge is 0.360 e. The molecule has 27 heavy (non-hydrogen) atoms. The summed E-state index contributed by atoms with van der Waals surface area (Å²) in [6.45, 7) is 1.71. The highest BCUT2D eigenvalue weighted by molar-refractivity contribution is 6.05. The average Bonchev–Trinajstić information content (AvgIpc) is 3.07. The molecule has 0 radical (unpaired) electrons. The lowest BCUT2D eigenvalue weighted by atomic mass is 10.1. The first kappa shape index (κ1) is 16.5. The van der Waals surface area contributed by atoms with Gasteiger partial charge in [-0.2, -0.15) is 0 Å². The maximum absolute atomic E-state index is 12.7. The van der Waals surface area contributed by atoms with Gasteiger partial charge in [0.25, 0.3) is 11.5 Å². The summed E-state index contributed by atoms with van der Waals surface area (Å²) in [4.78, 5) is 40.2. The van der Waals surface area contributed by atoms with Crippen LogP contribution in [0.25, 0.3) is 16.6 Å². The van der Waals surface area contributed by atoms with E-state index in [2.05, 4.69) is 15.5 Å². The first-order valence-electron chi connectivity index (χ1n) is 8.12. The summed E-state index contributed by atoms with van der Waals surface area (Å²) < 4.78 is 5.96. The number of nitrogens with zero attached hydrogens (tertiary/aromatic N) is 2. The molecule has 0 saturated heterocycles. The Morgan fingerprint density at radius 2 is 1.89 bits per heavy atom. The van der Waals surface area contributed by atoms with Gasteiger partial charge in [-0.05, 0) is 37.3 Å². The van der Waals surface area contributed by atoms with E-state index in [9.17, 15) is 14.4 Å². The lowest BCUT2D eigenvalue weighted by molar-refractivity contribution is 0.102. The van der Waals surface area contributed by atoms with Crippen LogP contribution in [0.1, 0.15) is 16.1 Å². The number of aromatic nitrogens is 3. The van der Waals surface area contributed by atoms with Crippen LogP contribution >= 0.6 is 0 Å². The molecular formula is C19H14N4O4. The summed E-state index contributed by atoms with van der Waals surface area (Å²) in [5.41, 5.74) is -0.0203. The summed E-state index contributed by atoms with van der Waals surface area (Å²) >= 11 is 0. The number of carbonyl (C=O) groups excluding carboxylic acids is 1. The van der Waals surface area contributed by atoms with Gasteiger partial charge in [0.05, 0.1) is 16.6 Å². The lowest BCUT2D eigenvalue weighted by Gasteiger charge is -2.07. The van der Waals surface area contributed by atoms with Crippen molar-refractivity contribution in [3.8, 4) is 5.69 Å². The number of amides is 1. The van der Waals surface area contributed by atoms with Crippen molar-refractivity contribution in [3.63, 3.8) is 0 Å². The Morgan fingerprint density at radius 3 is 2.59 bits per heavy atom. The maximum atomic E-state index is 12.7. The first-order valence-corrected chi connectivity index (χ1v) is 8.12. The van der Waals surface area contributed by atoms with Crippen molar-refractivity contribution in [3.05, 3.63) is 86.8 Å². The highest BCUT2D eigenvalue weighted by Crippen LogP contribution is 2.13. The number of benzene rings is 2. The molecule has 0 aliphatic carbocycles. The van der Waals surface area contributed by atoms with Gasteiger partial charge in [0.1, 0.15) is 5.76 Å². The second-order valence-corrected chi connectivity index (χ2v) is 5.94. The van der Waals surface area contributed by atoms with Gasteiger partial charge in [0.2, 0.25) is 0 Å². The molecule has 2 aromatic heterocycles. The van der Waals surface area contributed by atoms with E-state index in [1.807, 2.05) is 0 Å². The van der Waals surface area contributed by atoms with Gasteiger partial charge < -0.3 is 14.8 Å². The average molecular weight is 362 g/mol. The third-order valence-corrected chi connectivity index (χ3v) is 4.04. The second kappa shape index (κ2) is 6.41. The summed E-state index contributed by atoms with van der Waals surface area (Å²) in [5, 5.41) is 6.59. The van der Waals surface area contributed by atoms with E-state index in [0.29, 0.717) is 16.8 Å². The van der Waals surface area contributed by atoms with Crippen LogP contribution in [0.5, 0.6) is 0 Å². The smallest absolute Gasteiger partial charge is 0.333 e. The Hall–Kier alpha value is -3.94. The van der Waals surface area contributed by atoms with Gasteiger partial charge in [-0.15, -0.1) is 0 Å². The third-order valence-electron chi connectivity index (χ3n) is 4.04. The van der Waals surface area contributed by atoms with Crippen LogP contribution in [0.3, 0.4) is 0 Å². The third kappa shape index (κ3) is 3.04. The Kier molecular flexibility index (Phi) is 3.92. The fourth-order valence-corrected chi connectivity index (χ4v) is 2.78. The minimum Gasteiger partial charge on any atom is -0.360 e. The fraction of sp³-hybridized carbons (Fsp3) is 0.0526. The van der Waals surface area contributed by atoms with Crippen molar-refractivity contribution in [1.82, 2.24) is 14.7 Å². The molecule has 0 atom stereocenters. The molecule has 0 aliphatic rings. The predicted molar refractivity (Wildman–Crippen MR) is 99.4 cm³/mol. The number of aryl methyl sites for hydroxylation is 1. The zero-order valence-corrected chi connectivity index (χ0v) is 14.2. The van der Waals surface area contributed by atoms with Crippen molar-refractivity contribution < 1.29 is 9.32 Å². The molecule has 4 rings (SSSR count). The standard InChI is InChI=1S/C19H14N4O4/c1-11-9-16(22-27-11)21-17(24)12-7-8-14-15(10-12)20-19(26)23(18(14)25)13-5-3-2-4-6-13/h2-10H,1H3,(H,20,26)(H,21,22,24). The molecule has 8 heteroatoms. The summed E-state index contributed by atoms with van der Waals surface area (Å²) in [7, 11) is 0. The number of carbonyl (C=O) groups is 1. The summed E-state index contributed by atoms with van der Waals surface area (Å²) in [5.74, 6) is 0.415. The van der Waals surface area contributed by atoms with Crippen LogP contribution in [0, 0.1) is 6.92 Å². The molecule has 2 N–H and O–H groups in total. The topological polar surface area (TPSA) is 110 Å². The molecule has 0 spiro atoms. The Bertz CT molecular complexity index is 1270. The van der Waals surface area contributed by atoms with Crippen molar-refractivity contribution in [2.45, 2.75) is 6.92 Å². The minimum atomic E-state index is -0.580. The van der Waals surface area contributed by atoms with Gasteiger partial charge in [0.15, 0.2) is 5.82 Å². The predicted octanol–water partition coefficient (Wildman–Crippen LogP) is 2.23. The Labute approximate surface area is 152 Å². The van der Waals surface area contributed by atoms with E-state index in [0.717, 1.165) is 4.57 Å². The van der Waals surface area contributed by atoms with E-state index < -0.39 is 17.2 Å². The molecule has 0 aliphatic heterocycles. The quantitative estimate of drug-likeness (QED) is 0.581. The molecule has 2 aromatic carbocycles. The normalized spacial score (nSPS) is 10.9. The molecule has 0 fully saturated rings. The molecule has 2 heterocycles. The number of aromatic amines is 1. The molecule has 134 valence electrons. The van der Waals surface area contributed by atoms with Crippen LogP contribution in [0.4, 0.5) is 5.82 Å². The van der Waals surface area contributed by atoms with Gasteiger partial charge in [-0.25, -0.2) is 9.36 Å². The van der Waals surface area contributed by atoms with Crippen LogP contribution in [0.15, 0.2) is 68.7 Å². The first-order chi connectivity index (χ1) is 13.0. The van der Waals surface area contributed by atoms with E-state index in [-0.39, 0.29) is 16.9 Å². The van der Waals surface area contributed by atoms with Crippen molar-refractivity contribution >= 4 is 22.6 Å². The number of hydrogen-bond acceptors (Lipinski definition) is 5. The van der Waals surface area contributed by atoms with Gasteiger partial charge >= 0.3 is 5.69 Å². The monoisotopic (exact) mass is 362 g/mol. The molecular weight excluding hydrogens is 348 g/mol. The van der Waals surface area contributed by atoms with E-state index >= 15 is 0 Å². The van der Waals surface area contributed by atoms with Crippen molar-refractivity contribution in [2.75, 3.05) is 5.32 Å². The zero-order chi connectivity index (χ0) is 19.0. The summed E-state index contributed by atoms with van der Waals surface area (Å²) in [6, 6.07) is 14.7. The van der Waals surface area contributed by atoms with E-state index in [1.54, 1.807) is 43.3 Å². The number of nitrogens with one attached hydrogen (secondary N) is 2. The van der Waals surface area contributed by atoms with Gasteiger partial charge in [-0.3, -0.25) is 9.59 Å². The van der Waals surface area contributed by atoms with Crippen LogP contribution in [-0.2, 0) is 0 Å². The fourth-order valence-electron chi connectivity index (χ4n) is 2.78. The van der Waals surface area contributed by atoms with Crippen LogP contribution in [-0.4, -0.2) is 20.6 Å². The minimum absolute atomic E-state index is 0.274. The Morgan fingerprint density at radius 1 is 1.11 bits per heavy atom. The van der Waals surface area contributed by atoms with E-state index in [4.69, 9.17) is 4.52 Å². The molecule has 0 saturated carbocycles. The van der Waals surface area contributed by atoms with Crippen LogP contribution < -0.4 is 16.6 Å². The highest BCUT2D eigenvalue weighted by atomic mass is 16.5. The van der Waals surface area contributed by atoms with Gasteiger partial charge in [-0.1, -0.05) is 23.4 Å². The molecule has 4 aromatic rings. The number of anilines is 1. The van der Waals surface area contributed by atoms with Gasteiger partial charge in [0, 0.05) is 11.6 Å². The number of H-pyrrole nitrogens is 1. The maximum Gasteiger partial charge on any atom is 0.333 e. The number of para-hydroxylation sites is 1. The zero-order valence-electron chi connectivity index (χ0n) is 14.2. The SMILES string of the molecule is Cc1cc(NC(=O)c2ccc3c(=O)n(-c4ccccc4)c(=O)[nH]c3c2)no1. The van der Waals surface area contributed by atoms with E-state index in [1.165, 1.54) is 18.2 Å². The molecule has 8 nitrogen and oxygen atoms in total. The lowest BCUT2D eigenvalue weighted by Crippen LogP contribution is -2.33. The number of fused-ring (bicyclic) bond motifs is 1. The highest BCUT2D eigenvalue weighted by Gasteiger charge is 2.13. The Balaban J connectivity index is 1.77. The number of hydrogen-bond donors (Lipinski definition) is 2. The second-order valence-electron chi connectivity index (χ2n) is 5.94. The molecule has 0 unspecified atom stereocenters. The van der Waals surface area contributed by atoms with Crippen molar-refractivity contribution in [1.29, 1.82) is 0 Å². The van der Waals surface area contributed by atoms with Crippen molar-refractivity contribution in [2.24, 2.45) is 0 Å². The number of rotatable bonds is 3.